The van der Waals surface area contributed by atoms with Crippen molar-refractivity contribution in [1.82, 2.24) is 15.3 Å². The average Bonchev–Trinajstić information content (AvgIpc) is 3.03. The van der Waals surface area contributed by atoms with Gasteiger partial charge in [0, 0.05) is 12.6 Å². The van der Waals surface area contributed by atoms with Crippen LogP contribution in [-0.4, -0.2) is 34.8 Å². The first-order chi connectivity index (χ1) is 12.2. The number of aromatic amines is 1. The monoisotopic (exact) mass is 359 g/mol. The number of thioether (sulfide) groups is 1. The van der Waals surface area contributed by atoms with Crippen LogP contribution in [0.4, 0.5) is 0 Å². The van der Waals surface area contributed by atoms with Crippen molar-refractivity contribution in [3.63, 3.8) is 0 Å². The number of nitrogens with one attached hydrogen (secondary N) is 2. The number of ether oxygens (including phenoxy) is 1. The molecule has 1 aromatic carbocycles. The number of allylic oxidation sites excluding steroid dienone is 1. The van der Waals surface area contributed by atoms with E-state index in [0.29, 0.717) is 6.54 Å². The number of carbonyl (C=O) groups excluding carboxylic acids is 1. The molecule has 2 aromatic rings. The predicted molar refractivity (Wildman–Crippen MR) is 102 cm³/mol. The molecule has 1 aliphatic carbocycles. The Balaban J connectivity index is 1.51. The molecule has 0 saturated carbocycles. The Morgan fingerprint density at radius 1 is 1.44 bits per heavy atom. The van der Waals surface area contributed by atoms with Gasteiger partial charge in [-0.1, -0.05) is 23.4 Å². The number of hydrogen-bond acceptors (Lipinski definition) is 4. The van der Waals surface area contributed by atoms with E-state index in [9.17, 15) is 4.79 Å². The van der Waals surface area contributed by atoms with Crippen LogP contribution >= 0.6 is 11.8 Å². The summed E-state index contributed by atoms with van der Waals surface area (Å²) in [7, 11) is 1.64. The smallest absolute Gasteiger partial charge is 0.233 e. The van der Waals surface area contributed by atoms with Gasteiger partial charge in [0.1, 0.15) is 5.75 Å². The lowest BCUT2D eigenvalue weighted by Crippen LogP contribution is -2.31. The molecular formula is C19H25N3O2S. The van der Waals surface area contributed by atoms with E-state index in [1.165, 1.54) is 43.0 Å². The summed E-state index contributed by atoms with van der Waals surface area (Å²) in [5.74, 6) is 0.843. The largest absolute Gasteiger partial charge is 0.497 e. The minimum absolute atomic E-state index is 0.0550. The zero-order valence-electron chi connectivity index (χ0n) is 14.8. The molecule has 1 amide bonds. The summed E-state index contributed by atoms with van der Waals surface area (Å²) in [5.41, 5.74) is 3.27. The Bertz CT molecular complexity index is 769. The second kappa shape index (κ2) is 8.43. The number of carbonyl (C=O) groups is 1. The van der Waals surface area contributed by atoms with Crippen LogP contribution in [0.15, 0.2) is 35.0 Å². The van der Waals surface area contributed by atoms with Gasteiger partial charge < -0.3 is 15.0 Å². The molecule has 0 radical (unpaired) electrons. The van der Waals surface area contributed by atoms with E-state index in [4.69, 9.17) is 4.74 Å². The van der Waals surface area contributed by atoms with Crippen LogP contribution < -0.4 is 10.1 Å². The third-order valence-electron chi connectivity index (χ3n) is 4.46. The highest BCUT2D eigenvalue weighted by Gasteiger charge is 2.16. The number of benzene rings is 1. The number of methoxy groups -OCH3 is 1. The number of aromatic nitrogens is 2. The minimum Gasteiger partial charge on any atom is -0.497 e. The zero-order chi connectivity index (χ0) is 17.6. The maximum atomic E-state index is 12.3. The van der Waals surface area contributed by atoms with Crippen molar-refractivity contribution in [3.8, 4) is 5.75 Å². The van der Waals surface area contributed by atoms with Crippen molar-refractivity contribution >= 4 is 28.7 Å². The number of H-pyrrole nitrogens is 1. The highest BCUT2D eigenvalue weighted by molar-refractivity contribution is 8.00. The topological polar surface area (TPSA) is 67.0 Å². The molecule has 0 spiro atoms. The first kappa shape index (κ1) is 17.9. The summed E-state index contributed by atoms with van der Waals surface area (Å²) < 4.78 is 5.22. The number of hydrogen-bond donors (Lipinski definition) is 2. The van der Waals surface area contributed by atoms with Gasteiger partial charge >= 0.3 is 0 Å². The lowest BCUT2D eigenvalue weighted by atomic mass is 9.97. The Labute approximate surface area is 152 Å². The van der Waals surface area contributed by atoms with Gasteiger partial charge in [-0.15, -0.1) is 0 Å². The van der Waals surface area contributed by atoms with E-state index in [1.807, 2.05) is 25.1 Å². The van der Waals surface area contributed by atoms with E-state index in [1.54, 1.807) is 7.11 Å². The third kappa shape index (κ3) is 4.78. The van der Waals surface area contributed by atoms with Crippen molar-refractivity contribution in [2.75, 3.05) is 13.7 Å². The Hall–Kier alpha value is -1.95. The van der Waals surface area contributed by atoms with Gasteiger partial charge in [0.05, 0.1) is 23.4 Å². The summed E-state index contributed by atoms with van der Waals surface area (Å²) in [6, 6.07) is 5.71. The number of amides is 1. The average molecular weight is 359 g/mol. The second-order valence-corrected chi connectivity index (χ2v) is 7.66. The van der Waals surface area contributed by atoms with Gasteiger partial charge in [-0.25, -0.2) is 4.98 Å². The van der Waals surface area contributed by atoms with Crippen molar-refractivity contribution in [2.24, 2.45) is 0 Å². The summed E-state index contributed by atoms with van der Waals surface area (Å²) in [4.78, 5) is 20.1. The number of rotatable bonds is 7. The van der Waals surface area contributed by atoms with E-state index in [0.717, 1.165) is 28.4 Å². The molecule has 1 atom stereocenters. The van der Waals surface area contributed by atoms with Crippen molar-refractivity contribution in [3.05, 3.63) is 29.8 Å². The summed E-state index contributed by atoms with van der Waals surface area (Å²) in [6.45, 7) is 2.63. The summed E-state index contributed by atoms with van der Waals surface area (Å²) >= 11 is 1.44. The highest BCUT2D eigenvalue weighted by Crippen LogP contribution is 2.26. The van der Waals surface area contributed by atoms with Crippen LogP contribution in [-0.2, 0) is 4.79 Å². The van der Waals surface area contributed by atoms with Crippen LogP contribution in [0.5, 0.6) is 5.75 Å². The molecular weight excluding hydrogens is 334 g/mol. The number of nitrogens with zero attached hydrogens (tertiary/aromatic N) is 1. The quantitative estimate of drug-likeness (QED) is 0.578. The van der Waals surface area contributed by atoms with E-state index in [2.05, 4.69) is 21.4 Å². The predicted octanol–water partition coefficient (Wildman–Crippen LogP) is 4.06. The number of fused-ring (bicyclic) bond motifs is 1. The normalized spacial score (nSPS) is 15.7. The van der Waals surface area contributed by atoms with Crippen molar-refractivity contribution in [2.45, 2.75) is 49.4 Å². The van der Waals surface area contributed by atoms with Gasteiger partial charge in [0.15, 0.2) is 5.16 Å². The molecule has 134 valence electrons. The molecule has 3 rings (SSSR count). The maximum absolute atomic E-state index is 12.3. The Morgan fingerprint density at radius 3 is 3.08 bits per heavy atom. The third-order valence-corrected chi connectivity index (χ3v) is 5.44. The molecule has 2 N–H and O–H groups in total. The van der Waals surface area contributed by atoms with Gasteiger partial charge in [-0.2, -0.15) is 0 Å². The van der Waals surface area contributed by atoms with E-state index in [-0.39, 0.29) is 11.2 Å². The molecule has 5 nitrogen and oxygen atoms in total. The molecule has 1 unspecified atom stereocenters. The van der Waals surface area contributed by atoms with E-state index >= 15 is 0 Å². The first-order valence-corrected chi connectivity index (χ1v) is 9.69. The Morgan fingerprint density at radius 2 is 2.32 bits per heavy atom. The Kier molecular flexibility index (Phi) is 6.02. The fraction of sp³-hybridized carbons (Fsp3) is 0.474. The molecule has 0 fully saturated rings. The zero-order valence-corrected chi connectivity index (χ0v) is 15.6. The highest BCUT2D eigenvalue weighted by atomic mass is 32.2. The van der Waals surface area contributed by atoms with Crippen LogP contribution in [0.2, 0.25) is 0 Å². The fourth-order valence-electron chi connectivity index (χ4n) is 2.99. The fourth-order valence-corrected chi connectivity index (χ4v) is 3.84. The van der Waals surface area contributed by atoms with Crippen molar-refractivity contribution < 1.29 is 9.53 Å². The van der Waals surface area contributed by atoms with Crippen LogP contribution in [0, 0.1) is 0 Å². The molecule has 1 heterocycles. The van der Waals surface area contributed by atoms with E-state index < -0.39 is 0 Å². The molecule has 0 saturated heterocycles. The molecule has 25 heavy (non-hydrogen) atoms. The van der Waals surface area contributed by atoms with Crippen molar-refractivity contribution in [1.29, 1.82) is 0 Å². The lowest BCUT2D eigenvalue weighted by molar-refractivity contribution is -0.120. The minimum atomic E-state index is -0.192. The standard InChI is InChI=1S/C19H25N3O2S/c1-13(18(23)20-11-10-14-6-4-3-5-7-14)25-19-21-16-9-8-15(24-2)12-17(16)22-19/h6,8-9,12-13H,3-5,7,10-11H2,1-2H3,(H,20,23)(H,21,22). The molecule has 0 aliphatic heterocycles. The SMILES string of the molecule is COc1ccc2nc(SC(C)C(=O)NCCC3=CCCCC3)[nH]c2c1. The second-order valence-electron chi connectivity index (χ2n) is 6.33. The first-order valence-electron chi connectivity index (χ1n) is 8.82. The maximum Gasteiger partial charge on any atom is 0.233 e. The summed E-state index contributed by atoms with van der Waals surface area (Å²) in [6.07, 6.45) is 8.24. The molecule has 1 aliphatic rings. The molecule has 1 aromatic heterocycles. The summed E-state index contributed by atoms with van der Waals surface area (Å²) in [5, 5.41) is 3.60. The molecule has 0 bridgehead atoms. The number of imidazole rings is 1. The van der Waals surface area contributed by atoms with Gasteiger partial charge in [0.25, 0.3) is 0 Å². The van der Waals surface area contributed by atoms with Gasteiger partial charge in [-0.05, 0) is 51.2 Å². The van der Waals surface area contributed by atoms with Gasteiger partial charge in [-0.3, -0.25) is 4.79 Å². The van der Waals surface area contributed by atoms with Crippen LogP contribution in [0.25, 0.3) is 11.0 Å². The van der Waals surface area contributed by atoms with Gasteiger partial charge in [0.2, 0.25) is 5.91 Å². The van der Waals surface area contributed by atoms with Crippen LogP contribution in [0.3, 0.4) is 0 Å². The van der Waals surface area contributed by atoms with Crippen LogP contribution in [0.1, 0.15) is 39.0 Å². The molecule has 6 heteroatoms. The lowest BCUT2D eigenvalue weighted by Gasteiger charge is -2.14.